The van der Waals surface area contributed by atoms with E-state index in [1.165, 1.54) is 12.1 Å². The minimum absolute atomic E-state index is 0.243. The Morgan fingerprint density at radius 3 is 2.50 bits per heavy atom. The summed E-state index contributed by atoms with van der Waals surface area (Å²) in [7, 11) is 0. The van der Waals surface area contributed by atoms with Crippen molar-refractivity contribution in [2.24, 2.45) is 0 Å². The van der Waals surface area contributed by atoms with Crippen LogP contribution in [-0.2, 0) is 12.6 Å². The molecule has 0 saturated heterocycles. The van der Waals surface area contributed by atoms with Crippen LogP contribution in [0.2, 0.25) is 0 Å². The number of benzene rings is 1. The Morgan fingerprint density at radius 1 is 1.18 bits per heavy atom. The van der Waals surface area contributed by atoms with Gasteiger partial charge in [0.25, 0.3) is 5.91 Å². The van der Waals surface area contributed by atoms with Crippen molar-refractivity contribution >= 4 is 5.91 Å². The van der Waals surface area contributed by atoms with E-state index in [1.54, 1.807) is 18.3 Å². The van der Waals surface area contributed by atoms with Crippen LogP contribution in [0.4, 0.5) is 13.2 Å². The number of hydrogen-bond acceptors (Lipinski definition) is 3. The van der Waals surface area contributed by atoms with Crippen molar-refractivity contribution in [2.45, 2.75) is 32.9 Å². The molecule has 0 saturated carbocycles. The number of nitrogens with one attached hydrogen (secondary N) is 2. The number of H-pyrrole nitrogens is 1. The Hall–Kier alpha value is -3.10. The molecule has 2 N–H and O–H groups in total. The molecule has 1 amide bonds. The summed E-state index contributed by atoms with van der Waals surface area (Å²) in [5, 5.41) is 13.1. The highest BCUT2D eigenvalue weighted by Crippen LogP contribution is 2.33. The zero-order valence-electron chi connectivity index (χ0n) is 15.5. The van der Waals surface area contributed by atoms with Crippen molar-refractivity contribution in [3.05, 3.63) is 64.7 Å². The maximum Gasteiger partial charge on any atom is 0.434 e. The van der Waals surface area contributed by atoms with Crippen molar-refractivity contribution in [3.63, 3.8) is 0 Å². The number of aromatic amines is 1. The molecule has 28 heavy (non-hydrogen) atoms. The van der Waals surface area contributed by atoms with Crippen molar-refractivity contribution in [1.82, 2.24) is 25.3 Å². The summed E-state index contributed by atoms with van der Waals surface area (Å²) in [4.78, 5) is 12.4. The second kappa shape index (κ2) is 7.87. The first kappa shape index (κ1) is 19.7. The first-order chi connectivity index (χ1) is 13.3. The van der Waals surface area contributed by atoms with E-state index in [0.29, 0.717) is 12.8 Å². The van der Waals surface area contributed by atoms with Crippen LogP contribution in [0.25, 0.3) is 5.69 Å². The molecule has 2 heterocycles. The Balaban J connectivity index is 1.74. The van der Waals surface area contributed by atoms with E-state index < -0.39 is 23.3 Å². The van der Waals surface area contributed by atoms with Crippen LogP contribution in [0.5, 0.6) is 0 Å². The van der Waals surface area contributed by atoms with Crippen molar-refractivity contribution in [2.75, 3.05) is 6.54 Å². The van der Waals surface area contributed by atoms with Crippen molar-refractivity contribution < 1.29 is 18.0 Å². The summed E-state index contributed by atoms with van der Waals surface area (Å²) >= 11 is 0. The monoisotopic (exact) mass is 391 g/mol. The number of amides is 1. The van der Waals surface area contributed by atoms with Crippen LogP contribution in [0.3, 0.4) is 0 Å². The van der Waals surface area contributed by atoms with Crippen LogP contribution in [0.15, 0.2) is 36.7 Å². The minimum Gasteiger partial charge on any atom is -0.352 e. The van der Waals surface area contributed by atoms with Gasteiger partial charge in [-0.25, -0.2) is 4.68 Å². The fraction of sp³-hybridized carbons (Fsp3) is 0.316. The molecule has 6 nitrogen and oxygen atoms in total. The summed E-state index contributed by atoms with van der Waals surface area (Å²) in [5.74, 6) is -0.797. The van der Waals surface area contributed by atoms with Crippen LogP contribution in [0, 0.1) is 13.8 Å². The number of carbonyl (C=O) groups excluding carboxylic acids is 1. The molecule has 0 aliphatic heterocycles. The Kier molecular flexibility index (Phi) is 5.53. The van der Waals surface area contributed by atoms with Gasteiger partial charge in [0.15, 0.2) is 5.69 Å². The molecule has 9 heteroatoms. The highest BCUT2D eigenvalue weighted by Gasteiger charge is 2.40. The number of rotatable bonds is 6. The van der Waals surface area contributed by atoms with Crippen LogP contribution in [0.1, 0.15) is 39.3 Å². The van der Waals surface area contributed by atoms with Gasteiger partial charge in [-0.1, -0.05) is 17.7 Å². The molecule has 0 aliphatic rings. The smallest absolute Gasteiger partial charge is 0.352 e. The highest BCUT2D eigenvalue weighted by molar-refractivity contribution is 5.95. The van der Waals surface area contributed by atoms with Crippen LogP contribution < -0.4 is 5.32 Å². The summed E-state index contributed by atoms with van der Waals surface area (Å²) in [6, 6.07) is 6.45. The van der Waals surface area contributed by atoms with Gasteiger partial charge in [-0.3, -0.25) is 9.89 Å². The first-order valence-corrected chi connectivity index (χ1v) is 8.76. The van der Waals surface area contributed by atoms with E-state index in [4.69, 9.17) is 0 Å². The lowest BCUT2D eigenvalue weighted by Gasteiger charge is -2.13. The standard InChI is InChI=1S/C19H20F3N5O/c1-12-5-7-15(8-6-12)27-17(19(20,21)22)16(11-25-27)18(28)23-9-3-4-14-10-24-26-13(14)2/h5-8,10-11H,3-4,9H2,1-2H3,(H,23,28)(H,24,26). The number of carbonyl (C=O) groups is 1. The van der Waals surface area contributed by atoms with Gasteiger partial charge in [0.2, 0.25) is 0 Å². The van der Waals surface area contributed by atoms with E-state index in [2.05, 4.69) is 20.6 Å². The third-order valence-corrected chi connectivity index (χ3v) is 4.40. The second-order valence-electron chi connectivity index (χ2n) is 6.53. The van der Waals surface area contributed by atoms with Gasteiger partial charge >= 0.3 is 6.18 Å². The van der Waals surface area contributed by atoms with E-state index in [0.717, 1.165) is 27.7 Å². The largest absolute Gasteiger partial charge is 0.434 e. The van der Waals surface area contributed by atoms with Gasteiger partial charge in [-0.05, 0) is 44.4 Å². The molecule has 0 aliphatic carbocycles. The van der Waals surface area contributed by atoms with Crippen molar-refractivity contribution in [1.29, 1.82) is 0 Å². The van der Waals surface area contributed by atoms with E-state index in [1.807, 2.05) is 13.8 Å². The SMILES string of the molecule is Cc1ccc(-n2ncc(C(=O)NCCCc3cn[nH]c3C)c2C(F)(F)F)cc1. The number of hydrogen-bond donors (Lipinski definition) is 2. The minimum atomic E-state index is -4.72. The zero-order valence-corrected chi connectivity index (χ0v) is 15.5. The summed E-state index contributed by atoms with van der Waals surface area (Å²) < 4.78 is 41.7. The topological polar surface area (TPSA) is 75.6 Å². The summed E-state index contributed by atoms with van der Waals surface area (Å²) in [6.07, 6.45) is -0.818. The van der Waals surface area contributed by atoms with Gasteiger partial charge < -0.3 is 5.32 Å². The fourth-order valence-corrected chi connectivity index (χ4v) is 2.87. The molecule has 2 aromatic heterocycles. The van der Waals surface area contributed by atoms with Gasteiger partial charge in [0.1, 0.15) is 0 Å². The quantitative estimate of drug-likeness (QED) is 0.631. The van der Waals surface area contributed by atoms with Gasteiger partial charge in [-0.15, -0.1) is 0 Å². The molecule has 0 radical (unpaired) electrons. The number of alkyl halides is 3. The Morgan fingerprint density at radius 2 is 1.89 bits per heavy atom. The summed E-state index contributed by atoms with van der Waals surface area (Å²) in [5.41, 5.74) is 1.53. The number of aromatic nitrogens is 4. The molecule has 1 aromatic carbocycles. The van der Waals surface area contributed by atoms with Gasteiger partial charge in [0, 0.05) is 12.2 Å². The lowest BCUT2D eigenvalue weighted by Crippen LogP contribution is -2.27. The lowest BCUT2D eigenvalue weighted by molar-refractivity contribution is -0.143. The maximum absolute atomic E-state index is 13.6. The van der Waals surface area contributed by atoms with Crippen LogP contribution in [-0.4, -0.2) is 32.4 Å². The molecule has 0 spiro atoms. The molecule has 0 unspecified atom stereocenters. The normalized spacial score (nSPS) is 11.6. The Bertz CT molecular complexity index is 957. The average Bonchev–Trinajstić information content (AvgIpc) is 3.25. The molecule has 0 bridgehead atoms. The molecule has 3 rings (SSSR count). The fourth-order valence-electron chi connectivity index (χ4n) is 2.87. The van der Waals surface area contributed by atoms with Gasteiger partial charge in [0.05, 0.1) is 23.6 Å². The maximum atomic E-state index is 13.6. The zero-order chi connectivity index (χ0) is 20.3. The van der Waals surface area contributed by atoms with E-state index in [-0.39, 0.29) is 12.2 Å². The molecule has 148 valence electrons. The third-order valence-electron chi connectivity index (χ3n) is 4.40. The predicted octanol–water partition coefficient (Wildman–Crippen LogP) is 3.59. The summed E-state index contributed by atoms with van der Waals surface area (Å²) in [6.45, 7) is 3.97. The first-order valence-electron chi connectivity index (χ1n) is 8.76. The van der Waals surface area contributed by atoms with E-state index in [9.17, 15) is 18.0 Å². The van der Waals surface area contributed by atoms with Crippen LogP contribution >= 0.6 is 0 Å². The Labute approximate surface area is 159 Å². The molecular formula is C19H20F3N5O. The van der Waals surface area contributed by atoms with Crippen molar-refractivity contribution in [3.8, 4) is 5.69 Å². The average molecular weight is 391 g/mol. The molecule has 3 aromatic rings. The third kappa shape index (κ3) is 4.24. The number of aryl methyl sites for hydroxylation is 3. The molecule has 0 atom stereocenters. The number of halogens is 3. The van der Waals surface area contributed by atoms with E-state index >= 15 is 0 Å². The molecule has 0 fully saturated rings. The predicted molar refractivity (Wildman–Crippen MR) is 97.3 cm³/mol. The number of nitrogens with zero attached hydrogens (tertiary/aromatic N) is 3. The molecular weight excluding hydrogens is 371 g/mol. The lowest BCUT2D eigenvalue weighted by atomic mass is 10.1. The highest BCUT2D eigenvalue weighted by atomic mass is 19.4. The second-order valence-corrected chi connectivity index (χ2v) is 6.53. The van der Waals surface area contributed by atoms with Gasteiger partial charge in [-0.2, -0.15) is 23.4 Å².